The molecule has 0 aliphatic heterocycles. The van der Waals surface area contributed by atoms with Crippen molar-refractivity contribution < 1.29 is 4.74 Å². The molecular formula is C13H20BrNO. The number of nitrogens with two attached hydrogens (primary N) is 1. The van der Waals surface area contributed by atoms with Crippen molar-refractivity contribution in [2.45, 2.75) is 33.2 Å². The van der Waals surface area contributed by atoms with Gasteiger partial charge in [-0.25, -0.2) is 0 Å². The summed E-state index contributed by atoms with van der Waals surface area (Å²) in [5.41, 5.74) is 6.67. The van der Waals surface area contributed by atoms with Crippen molar-refractivity contribution in [2.75, 3.05) is 6.61 Å². The Morgan fingerprint density at radius 1 is 1.38 bits per heavy atom. The Morgan fingerprint density at radius 2 is 2.12 bits per heavy atom. The van der Waals surface area contributed by atoms with Crippen LogP contribution in [0.2, 0.25) is 0 Å². The van der Waals surface area contributed by atoms with Crippen LogP contribution in [0.25, 0.3) is 0 Å². The van der Waals surface area contributed by atoms with E-state index < -0.39 is 0 Å². The fourth-order valence-electron chi connectivity index (χ4n) is 1.46. The van der Waals surface area contributed by atoms with Crippen molar-refractivity contribution in [2.24, 2.45) is 11.7 Å². The number of benzene rings is 1. The third kappa shape index (κ3) is 4.54. The highest BCUT2D eigenvalue weighted by atomic mass is 79.9. The zero-order valence-electron chi connectivity index (χ0n) is 10.0. The van der Waals surface area contributed by atoms with E-state index in [4.69, 9.17) is 10.5 Å². The summed E-state index contributed by atoms with van der Waals surface area (Å²) in [6.45, 7) is 5.79. The topological polar surface area (TPSA) is 35.2 Å². The molecule has 0 heterocycles. The van der Waals surface area contributed by atoms with Gasteiger partial charge in [0.25, 0.3) is 0 Å². The Kier molecular flexibility index (Phi) is 5.85. The average molecular weight is 286 g/mol. The Labute approximate surface area is 106 Å². The lowest BCUT2D eigenvalue weighted by molar-refractivity contribution is 0.296. The molecule has 0 saturated carbocycles. The van der Waals surface area contributed by atoms with Gasteiger partial charge in [-0.1, -0.05) is 19.9 Å². The third-order valence-electron chi connectivity index (χ3n) is 2.42. The van der Waals surface area contributed by atoms with Gasteiger partial charge in [0.05, 0.1) is 11.1 Å². The summed E-state index contributed by atoms with van der Waals surface area (Å²) in [5.74, 6) is 1.65. The first-order valence-electron chi connectivity index (χ1n) is 5.74. The first-order valence-corrected chi connectivity index (χ1v) is 6.54. The molecule has 0 amide bonds. The molecule has 2 N–H and O–H groups in total. The largest absolute Gasteiger partial charge is 0.492 e. The summed E-state index contributed by atoms with van der Waals surface area (Å²) in [6, 6.07) is 5.99. The summed E-state index contributed by atoms with van der Waals surface area (Å²) in [7, 11) is 0. The third-order valence-corrected chi connectivity index (χ3v) is 3.04. The van der Waals surface area contributed by atoms with Crippen molar-refractivity contribution in [3.05, 3.63) is 28.2 Å². The minimum atomic E-state index is 0.562. The fourth-order valence-corrected chi connectivity index (χ4v) is 2.00. The van der Waals surface area contributed by atoms with Crippen molar-refractivity contribution >= 4 is 15.9 Å². The number of halogens is 1. The number of ether oxygens (including phenoxy) is 1. The fraction of sp³-hybridized carbons (Fsp3) is 0.538. The van der Waals surface area contributed by atoms with E-state index in [1.165, 1.54) is 6.42 Å². The van der Waals surface area contributed by atoms with E-state index in [1.807, 2.05) is 18.2 Å². The lowest BCUT2D eigenvalue weighted by Crippen LogP contribution is -2.01. The molecular weight excluding hydrogens is 266 g/mol. The van der Waals surface area contributed by atoms with Crippen molar-refractivity contribution in [1.29, 1.82) is 0 Å². The quantitative estimate of drug-likeness (QED) is 0.809. The number of rotatable bonds is 6. The van der Waals surface area contributed by atoms with Gasteiger partial charge in [-0.15, -0.1) is 0 Å². The minimum Gasteiger partial charge on any atom is -0.492 e. The van der Waals surface area contributed by atoms with Crippen LogP contribution in [-0.2, 0) is 6.54 Å². The molecule has 0 saturated heterocycles. The van der Waals surface area contributed by atoms with E-state index in [1.54, 1.807) is 0 Å². The zero-order chi connectivity index (χ0) is 12.0. The van der Waals surface area contributed by atoms with E-state index in [2.05, 4.69) is 29.8 Å². The normalized spacial score (nSPS) is 10.8. The second-order valence-corrected chi connectivity index (χ2v) is 5.21. The molecule has 0 aromatic heterocycles. The van der Waals surface area contributed by atoms with Gasteiger partial charge >= 0.3 is 0 Å². The molecule has 0 aliphatic rings. The lowest BCUT2D eigenvalue weighted by Gasteiger charge is -2.10. The minimum absolute atomic E-state index is 0.562. The van der Waals surface area contributed by atoms with Gasteiger partial charge < -0.3 is 10.5 Å². The highest BCUT2D eigenvalue weighted by Crippen LogP contribution is 2.26. The van der Waals surface area contributed by atoms with Gasteiger partial charge in [-0.05, 0) is 52.4 Å². The molecule has 0 unspecified atom stereocenters. The zero-order valence-corrected chi connectivity index (χ0v) is 11.6. The first-order chi connectivity index (χ1) is 7.63. The Hall–Kier alpha value is -0.540. The van der Waals surface area contributed by atoms with Crippen LogP contribution in [0.1, 0.15) is 32.3 Å². The molecule has 2 nitrogen and oxygen atoms in total. The van der Waals surface area contributed by atoms with E-state index in [9.17, 15) is 0 Å². The number of hydrogen-bond donors (Lipinski definition) is 1. The summed E-state index contributed by atoms with van der Waals surface area (Å²) in [4.78, 5) is 0. The maximum absolute atomic E-state index is 5.70. The molecule has 1 rings (SSSR count). The van der Waals surface area contributed by atoms with Gasteiger partial charge in [-0.2, -0.15) is 0 Å². The molecule has 16 heavy (non-hydrogen) atoms. The molecule has 0 fully saturated rings. The van der Waals surface area contributed by atoms with Crippen LogP contribution >= 0.6 is 15.9 Å². The Morgan fingerprint density at radius 3 is 2.69 bits per heavy atom. The van der Waals surface area contributed by atoms with Gasteiger partial charge in [0.2, 0.25) is 0 Å². The van der Waals surface area contributed by atoms with Crippen LogP contribution in [0.4, 0.5) is 0 Å². The molecule has 0 atom stereocenters. The Balaban J connectivity index is 2.42. The molecule has 0 spiro atoms. The van der Waals surface area contributed by atoms with Crippen molar-refractivity contribution in [3.63, 3.8) is 0 Å². The standard InChI is InChI=1S/C13H20BrNO/c1-10(2)4-3-7-16-13-6-5-11(9-15)8-12(13)14/h5-6,8,10H,3-4,7,9,15H2,1-2H3. The SMILES string of the molecule is CC(C)CCCOc1ccc(CN)cc1Br. The predicted octanol–water partition coefficient (Wildman–Crippen LogP) is 3.72. The average Bonchev–Trinajstić information content (AvgIpc) is 2.25. The molecule has 3 heteroatoms. The summed E-state index contributed by atoms with van der Waals surface area (Å²) >= 11 is 3.49. The van der Waals surface area contributed by atoms with Crippen LogP contribution in [0.15, 0.2) is 22.7 Å². The van der Waals surface area contributed by atoms with Gasteiger partial charge in [0.15, 0.2) is 0 Å². The maximum Gasteiger partial charge on any atom is 0.133 e. The van der Waals surface area contributed by atoms with Crippen LogP contribution in [0.3, 0.4) is 0 Å². The van der Waals surface area contributed by atoms with Crippen molar-refractivity contribution in [3.8, 4) is 5.75 Å². The smallest absolute Gasteiger partial charge is 0.133 e. The maximum atomic E-state index is 5.70. The van der Waals surface area contributed by atoms with Crippen LogP contribution < -0.4 is 10.5 Å². The van der Waals surface area contributed by atoms with E-state index in [0.29, 0.717) is 6.54 Å². The molecule has 1 aromatic rings. The van der Waals surface area contributed by atoms with E-state index in [0.717, 1.165) is 34.7 Å². The van der Waals surface area contributed by atoms with E-state index >= 15 is 0 Å². The van der Waals surface area contributed by atoms with Gasteiger partial charge in [0.1, 0.15) is 5.75 Å². The summed E-state index contributed by atoms with van der Waals surface area (Å²) < 4.78 is 6.69. The second-order valence-electron chi connectivity index (χ2n) is 4.35. The van der Waals surface area contributed by atoms with Gasteiger partial charge in [-0.3, -0.25) is 0 Å². The summed E-state index contributed by atoms with van der Waals surface area (Å²) in [6.07, 6.45) is 2.31. The van der Waals surface area contributed by atoms with E-state index in [-0.39, 0.29) is 0 Å². The van der Waals surface area contributed by atoms with Crippen molar-refractivity contribution in [1.82, 2.24) is 0 Å². The molecule has 0 aliphatic carbocycles. The lowest BCUT2D eigenvalue weighted by atomic mass is 10.1. The van der Waals surface area contributed by atoms with Crippen LogP contribution in [0, 0.1) is 5.92 Å². The monoisotopic (exact) mass is 285 g/mol. The molecule has 0 bridgehead atoms. The Bertz CT molecular complexity index is 326. The molecule has 1 aromatic carbocycles. The second kappa shape index (κ2) is 6.92. The highest BCUT2D eigenvalue weighted by molar-refractivity contribution is 9.10. The predicted molar refractivity (Wildman–Crippen MR) is 71.6 cm³/mol. The molecule has 90 valence electrons. The summed E-state index contributed by atoms with van der Waals surface area (Å²) in [5, 5.41) is 0. The van der Waals surface area contributed by atoms with Gasteiger partial charge in [0, 0.05) is 6.54 Å². The molecule has 0 radical (unpaired) electrons. The first kappa shape index (κ1) is 13.5. The highest BCUT2D eigenvalue weighted by Gasteiger charge is 2.02. The van der Waals surface area contributed by atoms with Crippen LogP contribution in [0.5, 0.6) is 5.75 Å². The van der Waals surface area contributed by atoms with Crippen LogP contribution in [-0.4, -0.2) is 6.61 Å². The number of hydrogen-bond acceptors (Lipinski definition) is 2.